The number of benzene rings is 2. The Morgan fingerprint density at radius 3 is 2.50 bits per heavy atom. The second-order valence-electron chi connectivity index (χ2n) is 5.82. The van der Waals surface area contributed by atoms with Crippen molar-refractivity contribution in [3.8, 4) is 11.5 Å². The second-order valence-corrected chi connectivity index (χ2v) is 6.63. The van der Waals surface area contributed by atoms with Crippen LogP contribution in [0.1, 0.15) is 17.2 Å². The first kappa shape index (κ1) is 18.6. The van der Waals surface area contributed by atoms with Crippen LogP contribution in [0.3, 0.4) is 0 Å². The highest BCUT2D eigenvalue weighted by atomic mass is 35.5. The number of ether oxygens (including phenoxy) is 2. The van der Waals surface area contributed by atoms with E-state index in [4.69, 9.17) is 32.7 Å². The van der Waals surface area contributed by atoms with Gasteiger partial charge in [0, 0.05) is 16.8 Å². The smallest absolute Gasteiger partial charge is 0.322 e. The summed E-state index contributed by atoms with van der Waals surface area (Å²) in [6, 6.07) is 7.96. The maximum absolute atomic E-state index is 12.6. The Labute approximate surface area is 161 Å². The van der Waals surface area contributed by atoms with Crippen molar-refractivity contribution in [3.63, 3.8) is 0 Å². The number of urea groups is 1. The fraction of sp³-hybridized carbons (Fsp3) is 0.278. The molecule has 2 aromatic carbocycles. The van der Waals surface area contributed by atoms with Gasteiger partial charge in [-0.3, -0.25) is 0 Å². The number of amides is 2. The summed E-state index contributed by atoms with van der Waals surface area (Å²) in [7, 11) is 3.08. The van der Waals surface area contributed by atoms with Crippen LogP contribution >= 0.6 is 23.2 Å². The van der Waals surface area contributed by atoms with E-state index in [2.05, 4.69) is 5.32 Å². The molecule has 1 heterocycles. The number of anilines is 1. The molecule has 0 bridgehead atoms. The fourth-order valence-electron chi connectivity index (χ4n) is 3.01. The normalized spacial score (nSPS) is 16.0. The molecule has 0 aromatic heterocycles. The maximum Gasteiger partial charge on any atom is 0.322 e. The monoisotopic (exact) mass is 396 g/mol. The number of hydrogen-bond donors (Lipinski definition) is 2. The molecular weight excluding hydrogens is 379 g/mol. The van der Waals surface area contributed by atoms with Crippen LogP contribution in [0.4, 0.5) is 10.5 Å². The summed E-state index contributed by atoms with van der Waals surface area (Å²) in [6.45, 7) is 0.406. The van der Waals surface area contributed by atoms with Gasteiger partial charge in [0.1, 0.15) is 17.6 Å². The first-order chi connectivity index (χ1) is 12.4. The van der Waals surface area contributed by atoms with E-state index in [1.54, 1.807) is 37.4 Å². The third-order valence-corrected chi connectivity index (χ3v) is 4.99. The Morgan fingerprint density at radius 1 is 1.15 bits per heavy atom. The highest BCUT2D eigenvalue weighted by Gasteiger charge is 2.32. The molecule has 1 aliphatic heterocycles. The molecule has 0 saturated carbocycles. The number of aliphatic hydroxyl groups excluding tert-OH is 1. The van der Waals surface area contributed by atoms with E-state index in [9.17, 15) is 9.90 Å². The molecular formula is C18H18Cl2N2O4. The number of nitrogens with zero attached hydrogens (tertiary/aromatic N) is 1. The van der Waals surface area contributed by atoms with Gasteiger partial charge in [0.2, 0.25) is 0 Å². The SMILES string of the molecule is COc1ccc(OC)c2c1CN(C(=O)Nc1ccc(Cl)c(Cl)c1)C[C@H]2O. The first-order valence-electron chi connectivity index (χ1n) is 7.87. The molecule has 1 aliphatic rings. The summed E-state index contributed by atoms with van der Waals surface area (Å²) in [5.41, 5.74) is 1.88. The summed E-state index contributed by atoms with van der Waals surface area (Å²) in [5, 5.41) is 14.1. The molecule has 6 nitrogen and oxygen atoms in total. The second kappa shape index (κ2) is 7.61. The van der Waals surface area contributed by atoms with E-state index in [0.29, 0.717) is 32.8 Å². The molecule has 0 spiro atoms. The van der Waals surface area contributed by atoms with Crippen molar-refractivity contribution in [1.29, 1.82) is 0 Å². The van der Waals surface area contributed by atoms with Crippen LogP contribution in [0, 0.1) is 0 Å². The van der Waals surface area contributed by atoms with Gasteiger partial charge < -0.3 is 24.8 Å². The molecule has 2 aromatic rings. The van der Waals surface area contributed by atoms with Crippen LogP contribution < -0.4 is 14.8 Å². The molecule has 138 valence electrons. The van der Waals surface area contributed by atoms with Crippen molar-refractivity contribution in [3.05, 3.63) is 51.5 Å². The third kappa shape index (κ3) is 3.53. The predicted molar refractivity (Wildman–Crippen MR) is 100 cm³/mol. The van der Waals surface area contributed by atoms with Gasteiger partial charge in [0.25, 0.3) is 0 Å². The van der Waals surface area contributed by atoms with Gasteiger partial charge in [0.15, 0.2) is 0 Å². The Balaban J connectivity index is 1.85. The van der Waals surface area contributed by atoms with Gasteiger partial charge in [-0.2, -0.15) is 0 Å². The van der Waals surface area contributed by atoms with Crippen LogP contribution in [0.15, 0.2) is 30.3 Å². The molecule has 26 heavy (non-hydrogen) atoms. The summed E-state index contributed by atoms with van der Waals surface area (Å²) < 4.78 is 10.7. The van der Waals surface area contributed by atoms with Crippen LogP contribution in [0.2, 0.25) is 10.0 Å². The Kier molecular flexibility index (Phi) is 5.46. The summed E-state index contributed by atoms with van der Waals surface area (Å²) in [5.74, 6) is 1.16. The van der Waals surface area contributed by atoms with Crippen LogP contribution in [-0.2, 0) is 6.54 Å². The molecule has 0 fully saturated rings. The van der Waals surface area contributed by atoms with E-state index >= 15 is 0 Å². The van der Waals surface area contributed by atoms with E-state index in [-0.39, 0.29) is 19.1 Å². The molecule has 1 atom stereocenters. The molecule has 2 amide bonds. The molecule has 8 heteroatoms. The first-order valence-corrected chi connectivity index (χ1v) is 8.63. The number of hydrogen-bond acceptors (Lipinski definition) is 4. The lowest BCUT2D eigenvalue weighted by molar-refractivity contribution is 0.105. The van der Waals surface area contributed by atoms with Crippen molar-refractivity contribution in [2.45, 2.75) is 12.6 Å². The van der Waals surface area contributed by atoms with Crippen molar-refractivity contribution >= 4 is 34.9 Å². The van der Waals surface area contributed by atoms with Gasteiger partial charge in [-0.1, -0.05) is 23.2 Å². The number of carbonyl (C=O) groups is 1. The topological polar surface area (TPSA) is 71.0 Å². The number of rotatable bonds is 3. The average molecular weight is 397 g/mol. The quantitative estimate of drug-likeness (QED) is 0.819. The molecule has 0 aliphatic carbocycles. The maximum atomic E-state index is 12.6. The van der Waals surface area contributed by atoms with Crippen LogP contribution in [0.5, 0.6) is 11.5 Å². The van der Waals surface area contributed by atoms with E-state index in [0.717, 1.165) is 5.56 Å². The minimum Gasteiger partial charge on any atom is -0.496 e. The summed E-state index contributed by atoms with van der Waals surface area (Å²) in [6.07, 6.45) is -0.886. The van der Waals surface area contributed by atoms with Crippen LogP contribution in [0.25, 0.3) is 0 Å². The largest absolute Gasteiger partial charge is 0.496 e. The summed E-state index contributed by atoms with van der Waals surface area (Å²) >= 11 is 11.9. The van der Waals surface area contributed by atoms with Gasteiger partial charge >= 0.3 is 6.03 Å². The molecule has 3 rings (SSSR count). The van der Waals surface area contributed by atoms with Gasteiger partial charge in [-0.15, -0.1) is 0 Å². The van der Waals surface area contributed by atoms with Gasteiger partial charge in [-0.25, -0.2) is 4.79 Å². The van der Waals surface area contributed by atoms with Crippen molar-refractivity contribution < 1.29 is 19.4 Å². The van der Waals surface area contributed by atoms with Crippen molar-refractivity contribution in [1.82, 2.24) is 4.90 Å². The summed E-state index contributed by atoms with van der Waals surface area (Å²) in [4.78, 5) is 14.1. The minimum atomic E-state index is -0.886. The zero-order valence-corrected chi connectivity index (χ0v) is 15.8. The molecule has 2 N–H and O–H groups in total. The highest BCUT2D eigenvalue weighted by Crippen LogP contribution is 2.39. The van der Waals surface area contributed by atoms with Crippen molar-refractivity contribution in [2.75, 3.05) is 26.1 Å². The predicted octanol–water partition coefficient (Wildman–Crippen LogP) is 4.09. The standard InChI is InChI=1S/C18H18Cl2N2O4/c1-25-15-5-6-16(26-2)17-11(15)8-22(9-14(17)23)18(24)21-10-3-4-12(19)13(20)7-10/h3-7,14,23H,8-9H2,1-2H3,(H,21,24)/t14-/m1/s1. The minimum absolute atomic E-state index is 0.129. The Morgan fingerprint density at radius 2 is 1.85 bits per heavy atom. The van der Waals surface area contributed by atoms with Crippen LogP contribution in [-0.4, -0.2) is 36.8 Å². The lowest BCUT2D eigenvalue weighted by Gasteiger charge is -2.34. The highest BCUT2D eigenvalue weighted by molar-refractivity contribution is 6.42. The average Bonchev–Trinajstić information content (AvgIpc) is 2.63. The Bertz CT molecular complexity index is 844. The fourth-order valence-corrected chi connectivity index (χ4v) is 3.31. The number of nitrogens with one attached hydrogen (secondary N) is 1. The number of methoxy groups -OCH3 is 2. The zero-order chi connectivity index (χ0) is 18.8. The van der Waals surface area contributed by atoms with Crippen molar-refractivity contribution in [2.24, 2.45) is 0 Å². The number of β-amino-alcohol motifs (C(OH)–C–C–N with tert-alkyl or cyclic N) is 1. The lowest BCUT2D eigenvalue weighted by atomic mass is 9.95. The lowest BCUT2D eigenvalue weighted by Crippen LogP contribution is -2.41. The molecule has 0 unspecified atom stereocenters. The number of halogens is 2. The van der Waals surface area contributed by atoms with E-state index in [1.807, 2.05) is 0 Å². The Hall–Kier alpha value is -2.15. The van der Waals surface area contributed by atoms with E-state index < -0.39 is 6.10 Å². The molecule has 0 saturated heterocycles. The molecule has 0 radical (unpaired) electrons. The number of fused-ring (bicyclic) bond motifs is 1. The van der Waals surface area contributed by atoms with E-state index in [1.165, 1.54) is 12.0 Å². The third-order valence-electron chi connectivity index (χ3n) is 4.25. The van der Waals surface area contributed by atoms with Gasteiger partial charge in [0.05, 0.1) is 37.4 Å². The number of carbonyl (C=O) groups excluding carboxylic acids is 1. The zero-order valence-electron chi connectivity index (χ0n) is 14.3. The van der Waals surface area contributed by atoms with Gasteiger partial charge in [-0.05, 0) is 30.3 Å². The number of aliphatic hydroxyl groups is 1.